The number of piperidine rings is 1. The van der Waals surface area contributed by atoms with Gasteiger partial charge in [0.15, 0.2) is 0 Å². The number of fused-ring (bicyclic) bond motifs is 2. The van der Waals surface area contributed by atoms with Crippen molar-refractivity contribution in [3.63, 3.8) is 0 Å². The summed E-state index contributed by atoms with van der Waals surface area (Å²) in [5, 5.41) is 8.58. The first-order valence-corrected chi connectivity index (χ1v) is 8.59. The van der Waals surface area contributed by atoms with Crippen LogP contribution in [0.15, 0.2) is 36.7 Å². The third-order valence-electron chi connectivity index (χ3n) is 5.32. The van der Waals surface area contributed by atoms with Gasteiger partial charge >= 0.3 is 0 Å². The van der Waals surface area contributed by atoms with Gasteiger partial charge in [0, 0.05) is 37.4 Å². The minimum atomic E-state index is 0.165. The van der Waals surface area contributed by atoms with Crippen molar-refractivity contribution >= 4 is 11.6 Å². The van der Waals surface area contributed by atoms with E-state index in [2.05, 4.69) is 15.1 Å². The Balaban J connectivity index is 1.55. The Kier molecular flexibility index (Phi) is 3.75. The first-order valence-electron chi connectivity index (χ1n) is 8.59. The fourth-order valence-corrected chi connectivity index (χ4v) is 4.15. The topological polar surface area (TPSA) is 54.3 Å². The largest absolute Gasteiger partial charge is 0.378 e. The molecule has 2 aliphatic rings. The summed E-state index contributed by atoms with van der Waals surface area (Å²) in [7, 11) is 3.99. The molecule has 0 radical (unpaired) electrons. The van der Waals surface area contributed by atoms with Crippen LogP contribution in [0.5, 0.6) is 0 Å². The molecule has 1 aromatic heterocycles. The summed E-state index contributed by atoms with van der Waals surface area (Å²) in [4.78, 5) is 19.1. The Labute approximate surface area is 142 Å². The van der Waals surface area contributed by atoms with E-state index in [1.807, 2.05) is 48.1 Å². The van der Waals surface area contributed by atoms with Gasteiger partial charge in [-0.3, -0.25) is 4.79 Å². The molecule has 2 aliphatic heterocycles. The zero-order chi connectivity index (χ0) is 16.7. The molecule has 126 valence electrons. The van der Waals surface area contributed by atoms with Crippen LogP contribution >= 0.6 is 0 Å². The van der Waals surface area contributed by atoms with E-state index >= 15 is 0 Å². The summed E-state index contributed by atoms with van der Waals surface area (Å²) in [5.74, 6) is 0.165. The highest BCUT2D eigenvalue weighted by Gasteiger charge is 2.44. The van der Waals surface area contributed by atoms with Gasteiger partial charge in [0.05, 0.1) is 18.4 Å². The van der Waals surface area contributed by atoms with Gasteiger partial charge in [0.25, 0.3) is 5.91 Å². The maximum atomic E-state index is 13.1. The average molecular weight is 325 g/mol. The van der Waals surface area contributed by atoms with Gasteiger partial charge in [-0.15, -0.1) is 0 Å². The molecule has 4 rings (SSSR count). The van der Waals surface area contributed by atoms with Crippen molar-refractivity contribution in [1.82, 2.24) is 19.9 Å². The molecule has 3 heterocycles. The lowest BCUT2D eigenvalue weighted by molar-refractivity contribution is 0.0512. The molecular formula is C18H23N5O. The van der Waals surface area contributed by atoms with Gasteiger partial charge in [-0.1, -0.05) is 6.07 Å². The van der Waals surface area contributed by atoms with E-state index in [1.165, 1.54) is 0 Å². The third kappa shape index (κ3) is 2.56. The first-order chi connectivity index (χ1) is 11.6. The Morgan fingerprint density at radius 2 is 1.75 bits per heavy atom. The molecule has 0 saturated carbocycles. The molecule has 2 fully saturated rings. The van der Waals surface area contributed by atoms with Crippen LogP contribution in [-0.4, -0.2) is 52.0 Å². The van der Waals surface area contributed by atoms with E-state index in [1.54, 1.807) is 12.4 Å². The van der Waals surface area contributed by atoms with E-state index in [9.17, 15) is 4.79 Å². The highest BCUT2D eigenvalue weighted by atomic mass is 16.2. The Morgan fingerprint density at radius 3 is 2.38 bits per heavy atom. The van der Waals surface area contributed by atoms with Crippen LogP contribution in [0.4, 0.5) is 5.69 Å². The van der Waals surface area contributed by atoms with Gasteiger partial charge < -0.3 is 9.80 Å². The van der Waals surface area contributed by atoms with E-state index in [4.69, 9.17) is 0 Å². The molecule has 2 atom stereocenters. The highest BCUT2D eigenvalue weighted by molar-refractivity contribution is 5.95. The maximum absolute atomic E-state index is 13.1. The molecule has 1 aromatic carbocycles. The summed E-state index contributed by atoms with van der Waals surface area (Å²) >= 11 is 0. The van der Waals surface area contributed by atoms with E-state index in [-0.39, 0.29) is 5.91 Å². The molecule has 0 spiro atoms. The minimum absolute atomic E-state index is 0.165. The van der Waals surface area contributed by atoms with Crippen LogP contribution in [0.3, 0.4) is 0 Å². The highest BCUT2D eigenvalue weighted by Crippen LogP contribution is 2.41. The molecule has 0 aliphatic carbocycles. The molecule has 2 bridgehead atoms. The van der Waals surface area contributed by atoms with Crippen LogP contribution in [0.2, 0.25) is 0 Å². The molecule has 6 nitrogen and oxygen atoms in total. The van der Waals surface area contributed by atoms with Crippen LogP contribution in [0.1, 0.15) is 42.1 Å². The summed E-state index contributed by atoms with van der Waals surface area (Å²) < 4.78 is 0. The Bertz CT molecular complexity index is 713. The number of nitrogens with zero attached hydrogens (tertiary/aromatic N) is 5. The number of hydrogen-bond donors (Lipinski definition) is 0. The Morgan fingerprint density at radius 1 is 1.08 bits per heavy atom. The fraction of sp³-hybridized carbons (Fsp3) is 0.500. The molecule has 0 N–H and O–H groups in total. The smallest absolute Gasteiger partial charge is 0.254 e. The summed E-state index contributed by atoms with van der Waals surface area (Å²) in [6.07, 6.45) is 7.52. The van der Waals surface area contributed by atoms with Crippen LogP contribution < -0.4 is 4.90 Å². The van der Waals surface area contributed by atoms with Crippen molar-refractivity contribution in [2.24, 2.45) is 0 Å². The molecule has 6 heteroatoms. The molecule has 0 unspecified atom stereocenters. The number of hydrogen-bond acceptors (Lipinski definition) is 4. The molecule has 1 amide bonds. The second-order valence-corrected chi connectivity index (χ2v) is 7.02. The zero-order valence-electron chi connectivity index (χ0n) is 14.2. The SMILES string of the molecule is CN(C)c1cccc(C(=O)N2[C@H]3CC[C@H]2CC(n2nccn2)C3)c1. The van der Waals surface area contributed by atoms with E-state index < -0.39 is 0 Å². The Hall–Kier alpha value is -2.37. The van der Waals surface area contributed by atoms with Gasteiger partial charge in [-0.05, 0) is 43.9 Å². The monoisotopic (exact) mass is 325 g/mol. The maximum Gasteiger partial charge on any atom is 0.254 e. The lowest BCUT2D eigenvalue weighted by atomic mass is 9.96. The van der Waals surface area contributed by atoms with E-state index in [0.29, 0.717) is 18.1 Å². The lowest BCUT2D eigenvalue weighted by Gasteiger charge is -2.38. The van der Waals surface area contributed by atoms with Crippen molar-refractivity contribution in [3.05, 3.63) is 42.2 Å². The van der Waals surface area contributed by atoms with Crippen LogP contribution in [0.25, 0.3) is 0 Å². The quantitative estimate of drug-likeness (QED) is 0.869. The average Bonchev–Trinajstić information content (AvgIpc) is 3.21. The van der Waals surface area contributed by atoms with Gasteiger partial charge in [0.1, 0.15) is 0 Å². The van der Waals surface area contributed by atoms with Crippen molar-refractivity contribution in [2.45, 2.75) is 43.8 Å². The summed E-state index contributed by atoms with van der Waals surface area (Å²) in [6, 6.07) is 8.82. The fourth-order valence-electron chi connectivity index (χ4n) is 4.15. The third-order valence-corrected chi connectivity index (χ3v) is 5.32. The van der Waals surface area contributed by atoms with Crippen molar-refractivity contribution in [3.8, 4) is 0 Å². The normalized spacial score (nSPS) is 25.8. The number of anilines is 1. The lowest BCUT2D eigenvalue weighted by Crippen LogP contribution is -2.47. The minimum Gasteiger partial charge on any atom is -0.378 e. The number of amides is 1. The zero-order valence-corrected chi connectivity index (χ0v) is 14.2. The van der Waals surface area contributed by atoms with Crippen LogP contribution in [-0.2, 0) is 0 Å². The number of carbonyl (C=O) groups excluding carboxylic acids is 1. The van der Waals surface area contributed by atoms with Crippen molar-refractivity contribution in [1.29, 1.82) is 0 Å². The van der Waals surface area contributed by atoms with E-state index in [0.717, 1.165) is 36.9 Å². The standard InChI is InChI=1S/C18H23N5O/c1-21(2)14-5-3-4-13(10-14)18(24)22-15-6-7-16(22)12-17(11-15)23-19-8-9-20-23/h3-5,8-10,15-17H,6-7,11-12H2,1-2H3/t15-,16-/m0/s1. The summed E-state index contributed by atoms with van der Waals surface area (Å²) in [5.41, 5.74) is 1.84. The summed E-state index contributed by atoms with van der Waals surface area (Å²) in [6.45, 7) is 0. The number of carbonyl (C=O) groups is 1. The number of benzene rings is 1. The second-order valence-electron chi connectivity index (χ2n) is 7.02. The predicted molar refractivity (Wildman–Crippen MR) is 92.0 cm³/mol. The van der Waals surface area contributed by atoms with Crippen LogP contribution in [0, 0.1) is 0 Å². The molecule has 2 aromatic rings. The number of aromatic nitrogens is 3. The molecule has 2 saturated heterocycles. The van der Waals surface area contributed by atoms with Gasteiger partial charge in [-0.25, -0.2) is 0 Å². The second kappa shape index (κ2) is 5.92. The predicted octanol–water partition coefficient (Wildman–Crippen LogP) is 2.35. The van der Waals surface area contributed by atoms with Gasteiger partial charge in [-0.2, -0.15) is 15.0 Å². The molecular weight excluding hydrogens is 302 g/mol. The van der Waals surface area contributed by atoms with Crippen molar-refractivity contribution in [2.75, 3.05) is 19.0 Å². The number of rotatable bonds is 3. The molecule has 24 heavy (non-hydrogen) atoms. The van der Waals surface area contributed by atoms with Crippen molar-refractivity contribution < 1.29 is 4.79 Å². The van der Waals surface area contributed by atoms with Gasteiger partial charge in [0.2, 0.25) is 0 Å². The first kappa shape index (κ1) is 15.2.